The summed E-state index contributed by atoms with van der Waals surface area (Å²) in [6.07, 6.45) is 0. The number of hydrogen-bond acceptors (Lipinski definition) is 3. The number of nitrogens with zero attached hydrogens (tertiary/aromatic N) is 4. The average molecular weight is 875 g/mol. The van der Waals surface area contributed by atoms with Gasteiger partial charge in [0.15, 0.2) is 5.65 Å². The van der Waals surface area contributed by atoms with Crippen LogP contribution in [0.2, 0.25) is 0 Å². The van der Waals surface area contributed by atoms with Crippen molar-refractivity contribution in [2.24, 2.45) is 0 Å². The van der Waals surface area contributed by atoms with Crippen molar-refractivity contribution in [2.45, 2.75) is 0 Å². The Morgan fingerprint density at radius 1 is 0.471 bits per heavy atom. The largest absolute Gasteiger partial charge is 2.00 e. The van der Waals surface area contributed by atoms with Crippen LogP contribution in [0.4, 0.5) is 17.1 Å². The normalized spacial score (nSPS) is 11.4. The zero-order chi connectivity index (χ0) is 33.0. The van der Waals surface area contributed by atoms with Crippen LogP contribution in [0.1, 0.15) is 0 Å². The van der Waals surface area contributed by atoms with Gasteiger partial charge in [-0.2, -0.15) is 42.5 Å². The second-order valence-electron chi connectivity index (χ2n) is 12.4. The van der Waals surface area contributed by atoms with E-state index in [9.17, 15) is 0 Å². The fourth-order valence-electron chi connectivity index (χ4n) is 7.40. The van der Waals surface area contributed by atoms with Crippen molar-refractivity contribution < 1.29 is 31.1 Å². The molecule has 0 radical (unpaired) electrons. The van der Waals surface area contributed by atoms with E-state index >= 15 is 0 Å². The SMILES string of the molecule is [U+2].[c-]1ccccc1-c1[c-]ccc(N(c2ccccc2)c2c3ccccc3c(-n3c4ccccc4c4nc5ccccc5nc43)c3ccccc23)c1. The van der Waals surface area contributed by atoms with Crippen LogP contribution in [-0.2, 0) is 0 Å². The van der Waals surface area contributed by atoms with Crippen LogP contribution < -0.4 is 4.90 Å². The summed E-state index contributed by atoms with van der Waals surface area (Å²) in [6, 6.07) is 66.0. The van der Waals surface area contributed by atoms with Crippen molar-refractivity contribution in [2.75, 3.05) is 4.90 Å². The number of aromatic nitrogens is 3. The van der Waals surface area contributed by atoms with Gasteiger partial charge in [-0.15, -0.1) is 12.1 Å². The maximum atomic E-state index is 5.28. The molecule has 0 atom stereocenters. The molecular formula is C46H28N4U. The van der Waals surface area contributed by atoms with E-state index in [1.54, 1.807) is 0 Å². The Hall–Kier alpha value is -5.73. The van der Waals surface area contributed by atoms with Crippen LogP contribution in [0.5, 0.6) is 0 Å². The molecule has 0 aliphatic heterocycles. The summed E-state index contributed by atoms with van der Waals surface area (Å²) in [6.45, 7) is 0. The molecule has 10 rings (SSSR count). The number of benzene rings is 8. The summed E-state index contributed by atoms with van der Waals surface area (Å²) in [4.78, 5) is 12.8. The molecule has 51 heavy (non-hydrogen) atoms. The molecule has 0 unspecified atom stereocenters. The Morgan fingerprint density at radius 2 is 1.06 bits per heavy atom. The third kappa shape index (κ3) is 5.12. The maximum absolute atomic E-state index is 5.28. The van der Waals surface area contributed by atoms with Crippen LogP contribution in [-0.4, -0.2) is 14.5 Å². The summed E-state index contributed by atoms with van der Waals surface area (Å²) in [5.41, 5.74) is 10.9. The summed E-state index contributed by atoms with van der Waals surface area (Å²) >= 11 is 0. The third-order valence-corrected chi connectivity index (χ3v) is 9.54. The number of rotatable bonds is 5. The predicted octanol–water partition coefficient (Wildman–Crippen LogP) is 11.8. The van der Waals surface area contributed by atoms with Gasteiger partial charge in [0.25, 0.3) is 0 Å². The summed E-state index contributed by atoms with van der Waals surface area (Å²) in [7, 11) is 0. The zero-order valence-corrected chi connectivity index (χ0v) is 31.6. The van der Waals surface area contributed by atoms with Gasteiger partial charge < -0.3 is 4.90 Å². The molecular weight excluding hydrogens is 847 g/mol. The van der Waals surface area contributed by atoms with Crippen LogP contribution >= 0.6 is 0 Å². The van der Waals surface area contributed by atoms with Gasteiger partial charge in [0, 0.05) is 32.6 Å². The smallest absolute Gasteiger partial charge is 0.328 e. The van der Waals surface area contributed by atoms with Crippen LogP contribution in [0.25, 0.3) is 71.5 Å². The Kier molecular flexibility index (Phi) is 7.89. The molecule has 236 valence electrons. The van der Waals surface area contributed by atoms with E-state index in [4.69, 9.17) is 9.97 Å². The summed E-state index contributed by atoms with van der Waals surface area (Å²) in [5.74, 6) is 0. The van der Waals surface area contributed by atoms with Crippen molar-refractivity contribution in [3.05, 3.63) is 182 Å². The molecule has 0 spiro atoms. The van der Waals surface area contributed by atoms with E-state index in [2.05, 4.69) is 143 Å². The fourth-order valence-corrected chi connectivity index (χ4v) is 7.40. The minimum absolute atomic E-state index is 0. The zero-order valence-electron chi connectivity index (χ0n) is 27.5. The number of hydrogen-bond donors (Lipinski definition) is 0. The molecule has 4 nitrogen and oxygen atoms in total. The molecule has 0 N–H and O–H groups in total. The molecule has 0 bridgehead atoms. The predicted molar refractivity (Wildman–Crippen MR) is 207 cm³/mol. The van der Waals surface area contributed by atoms with Gasteiger partial charge in [0.05, 0.1) is 27.9 Å². The topological polar surface area (TPSA) is 34.0 Å². The number of fused-ring (bicyclic) bond motifs is 6. The molecule has 2 aromatic heterocycles. The van der Waals surface area contributed by atoms with Crippen molar-refractivity contribution >= 4 is 71.7 Å². The van der Waals surface area contributed by atoms with Gasteiger partial charge in [0.2, 0.25) is 0 Å². The Morgan fingerprint density at radius 3 is 1.76 bits per heavy atom. The standard InChI is InChI=1S/C46H28N4.U/c1-3-16-31(17-4-1)32-18-15-21-34(30-32)49(33-19-5-2-6-20-33)44-35-22-7-9-24-37(35)45(38-25-10-8-23-36(38)44)50-42-29-14-11-26-39(42)43-46(50)48-41-28-13-12-27-40(41)47-43;/h1-16,19-30H;/q-2;+2. The van der Waals surface area contributed by atoms with Gasteiger partial charge in [0.1, 0.15) is 5.52 Å². The van der Waals surface area contributed by atoms with Crippen LogP contribution in [0, 0.1) is 43.2 Å². The van der Waals surface area contributed by atoms with Crippen molar-refractivity contribution in [3.63, 3.8) is 0 Å². The van der Waals surface area contributed by atoms with Crippen molar-refractivity contribution in [1.82, 2.24) is 14.5 Å². The van der Waals surface area contributed by atoms with E-state index in [1.165, 1.54) is 0 Å². The molecule has 0 aliphatic carbocycles. The van der Waals surface area contributed by atoms with E-state index in [-0.39, 0.29) is 31.1 Å². The van der Waals surface area contributed by atoms with E-state index in [0.717, 1.165) is 88.5 Å². The second-order valence-corrected chi connectivity index (χ2v) is 12.4. The second kappa shape index (κ2) is 12.9. The Bertz CT molecular complexity index is 2820. The third-order valence-electron chi connectivity index (χ3n) is 9.54. The molecule has 8 aromatic carbocycles. The maximum Gasteiger partial charge on any atom is 2.00 e. The molecule has 5 heteroatoms. The summed E-state index contributed by atoms with van der Waals surface area (Å²) in [5, 5.41) is 5.59. The minimum Gasteiger partial charge on any atom is -0.328 e. The first-order valence-electron chi connectivity index (χ1n) is 16.8. The van der Waals surface area contributed by atoms with Crippen LogP contribution in [0.15, 0.2) is 170 Å². The first kappa shape index (κ1) is 31.3. The van der Waals surface area contributed by atoms with Gasteiger partial charge in [-0.25, -0.2) is 21.1 Å². The van der Waals surface area contributed by atoms with Crippen molar-refractivity contribution in [3.8, 4) is 16.8 Å². The molecule has 10 aromatic rings. The molecule has 0 fully saturated rings. The van der Waals surface area contributed by atoms with Gasteiger partial charge in [-0.3, -0.25) is 4.57 Å². The molecule has 0 amide bonds. The van der Waals surface area contributed by atoms with Gasteiger partial charge in [-0.1, -0.05) is 97.1 Å². The minimum atomic E-state index is 0. The Balaban J connectivity index is 0.00000348. The average Bonchev–Trinajstić information content (AvgIpc) is 3.50. The van der Waals surface area contributed by atoms with Crippen molar-refractivity contribution in [1.29, 1.82) is 0 Å². The summed E-state index contributed by atoms with van der Waals surface area (Å²) < 4.78 is 2.33. The fraction of sp³-hybridized carbons (Fsp3) is 0. The first-order valence-corrected chi connectivity index (χ1v) is 16.8. The number of anilines is 3. The van der Waals surface area contributed by atoms with E-state index in [0.29, 0.717) is 0 Å². The first-order chi connectivity index (χ1) is 24.8. The molecule has 2 heterocycles. The van der Waals surface area contributed by atoms with E-state index < -0.39 is 0 Å². The number of para-hydroxylation sites is 4. The molecule has 0 saturated heterocycles. The van der Waals surface area contributed by atoms with Crippen LogP contribution in [0.3, 0.4) is 0 Å². The quantitative estimate of drug-likeness (QED) is 0.128. The van der Waals surface area contributed by atoms with Gasteiger partial charge in [-0.05, 0) is 36.0 Å². The monoisotopic (exact) mass is 874 g/mol. The van der Waals surface area contributed by atoms with E-state index in [1.807, 2.05) is 48.5 Å². The van der Waals surface area contributed by atoms with Gasteiger partial charge >= 0.3 is 31.1 Å². The molecule has 0 aliphatic rings. The Labute approximate surface area is 319 Å². The molecule has 0 saturated carbocycles.